The van der Waals surface area contributed by atoms with Crippen molar-refractivity contribution in [3.8, 4) is 28.6 Å². The van der Waals surface area contributed by atoms with Gasteiger partial charge in [-0.05, 0) is 48.4 Å². The van der Waals surface area contributed by atoms with E-state index >= 15 is 0 Å². The topological polar surface area (TPSA) is 80.9 Å². The second-order valence-electron chi connectivity index (χ2n) is 7.79. The van der Waals surface area contributed by atoms with E-state index in [0.29, 0.717) is 17.8 Å². The van der Waals surface area contributed by atoms with Crippen LogP contribution in [-0.4, -0.2) is 26.3 Å². The quantitative estimate of drug-likeness (QED) is 0.427. The Labute approximate surface area is 183 Å². The molecule has 158 valence electrons. The number of ether oxygens (including phenoxy) is 2. The summed E-state index contributed by atoms with van der Waals surface area (Å²) in [6, 6.07) is 19.6. The summed E-state index contributed by atoms with van der Waals surface area (Å²) in [5.41, 5.74) is 4.85. The first-order valence-corrected chi connectivity index (χ1v) is 10.4. The highest BCUT2D eigenvalue weighted by atomic mass is 16.7. The van der Waals surface area contributed by atoms with Crippen LogP contribution in [0.25, 0.3) is 27.8 Å². The van der Waals surface area contributed by atoms with Crippen LogP contribution >= 0.6 is 0 Å². The van der Waals surface area contributed by atoms with Crippen molar-refractivity contribution >= 4 is 22.4 Å². The lowest BCUT2D eigenvalue weighted by Gasteiger charge is -2.11. The summed E-state index contributed by atoms with van der Waals surface area (Å²) < 4.78 is 12.9. The normalized spacial score (nSPS) is 12.5. The van der Waals surface area contributed by atoms with E-state index in [9.17, 15) is 5.11 Å². The summed E-state index contributed by atoms with van der Waals surface area (Å²) in [7, 11) is 0. The van der Waals surface area contributed by atoms with Crippen molar-refractivity contribution in [2.75, 3.05) is 12.1 Å². The molecule has 1 aliphatic heterocycles. The molecule has 6 rings (SSSR count). The smallest absolute Gasteiger partial charge is 0.231 e. The molecule has 0 bridgehead atoms. The van der Waals surface area contributed by atoms with Crippen LogP contribution in [0.4, 0.5) is 5.82 Å². The number of aryl methyl sites for hydroxylation is 1. The molecule has 32 heavy (non-hydrogen) atoms. The van der Waals surface area contributed by atoms with Crippen molar-refractivity contribution < 1.29 is 14.6 Å². The average molecular weight is 424 g/mol. The van der Waals surface area contributed by atoms with E-state index in [-0.39, 0.29) is 12.7 Å². The van der Waals surface area contributed by atoms with Gasteiger partial charge >= 0.3 is 0 Å². The van der Waals surface area contributed by atoms with E-state index in [1.54, 1.807) is 0 Å². The maximum Gasteiger partial charge on any atom is 0.231 e. The average Bonchev–Trinajstić information content (AvgIpc) is 3.42. The van der Waals surface area contributed by atoms with Crippen LogP contribution in [0.2, 0.25) is 0 Å². The van der Waals surface area contributed by atoms with Gasteiger partial charge in [0.15, 0.2) is 11.5 Å². The summed E-state index contributed by atoms with van der Waals surface area (Å²) in [5.74, 6) is 2.24. The number of imidazole rings is 1. The van der Waals surface area contributed by atoms with Gasteiger partial charge in [0, 0.05) is 18.1 Å². The van der Waals surface area contributed by atoms with Crippen molar-refractivity contribution in [2.45, 2.75) is 13.5 Å². The summed E-state index contributed by atoms with van der Waals surface area (Å²) in [4.78, 5) is 9.27. The first kappa shape index (κ1) is 18.5. The summed E-state index contributed by atoms with van der Waals surface area (Å²) >= 11 is 0. The zero-order valence-corrected chi connectivity index (χ0v) is 17.4. The molecule has 0 fully saturated rings. The molecule has 3 aromatic heterocycles. The third-order valence-corrected chi connectivity index (χ3v) is 5.71. The SMILES string of the molecule is Cc1cccc2cc(-c3nc4ccccn4c3NCc3ccc4c(c3)OCO4)c(O)nc12. The van der Waals surface area contributed by atoms with Crippen LogP contribution in [0, 0.1) is 6.92 Å². The monoisotopic (exact) mass is 424 g/mol. The number of nitrogens with zero attached hydrogens (tertiary/aromatic N) is 3. The molecule has 0 atom stereocenters. The zero-order chi connectivity index (χ0) is 21.7. The van der Waals surface area contributed by atoms with Gasteiger partial charge in [-0.1, -0.05) is 30.3 Å². The highest BCUT2D eigenvalue weighted by Gasteiger charge is 2.19. The standard InChI is InChI=1S/C25H20N4O3/c1-15-5-4-6-17-12-18(25(30)28-22(15)17)23-24(29-10-3-2-7-21(29)27-23)26-13-16-8-9-19-20(11-16)32-14-31-19/h2-12,26H,13-14H2,1H3,(H,28,30). The van der Waals surface area contributed by atoms with E-state index in [0.717, 1.165) is 45.0 Å². The van der Waals surface area contributed by atoms with Crippen LogP contribution < -0.4 is 14.8 Å². The predicted octanol–water partition coefficient (Wildman–Crippen LogP) is 4.90. The molecule has 2 N–H and O–H groups in total. The Hall–Kier alpha value is -4.26. The summed E-state index contributed by atoms with van der Waals surface area (Å²) in [6.07, 6.45) is 1.95. The lowest BCUT2D eigenvalue weighted by molar-refractivity contribution is 0.174. The predicted molar refractivity (Wildman–Crippen MR) is 122 cm³/mol. The van der Waals surface area contributed by atoms with Gasteiger partial charge in [0.2, 0.25) is 12.7 Å². The van der Waals surface area contributed by atoms with Crippen molar-refractivity contribution in [3.05, 3.63) is 78.0 Å². The number of hydrogen-bond donors (Lipinski definition) is 2. The summed E-state index contributed by atoms with van der Waals surface area (Å²) in [6.45, 7) is 2.78. The van der Waals surface area contributed by atoms with Crippen LogP contribution in [0.15, 0.2) is 66.9 Å². The third-order valence-electron chi connectivity index (χ3n) is 5.71. The minimum absolute atomic E-state index is 0.0404. The molecule has 1 aliphatic rings. The Morgan fingerprint density at radius 2 is 1.91 bits per heavy atom. The van der Waals surface area contributed by atoms with Crippen LogP contribution in [0.5, 0.6) is 17.4 Å². The Kier molecular flexibility index (Phi) is 4.14. The Bertz CT molecular complexity index is 1490. The van der Waals surface area contributed by atoms with E-state index in [1.807, 2.05) is 78.2 Å². The molecule has 7 nitrogen and oxygen atoms in total. The lowest BCUT2D eigenvalue weighted by atomic mass is 10.1. The number of benzene rings is 2. The fourth-order valence-electron chi connectivity index (χ4n) is 4.10. The molecule has 0 amide bonds. The lowest BCUT2D eigenvalue weighted by Crippen LogP contribution is -2.03. The van der Waals surface area contributed by atoms with Crippen molar-refractivity contribution in [1.82, 2.24) is 14.4 Å². The molecule has 0 spiro atoms. The molecule has 0 unspecified atom stereocenters. The first-order valence-electron chi connectivity index (χ1n) is 10.4. The molecule has 5 aromatic rings. The molecule has 0 radical (unpaired) electrons. The first-order chi connectivity index (χ1) is 15.7. The van der Waals surface area contributed by atoms with Gasteiger partial charge < -0.3 is 19.9 Å². The van der Waals surface area contributed by atoms with Crippen LogP contribution in [-0.2, 0) is 6.54 Å². The van der Waals surface area contributed by atoms with Crippen molar-refractivity contribution in [1.29, 1.82) is 0 Å². The second kappa shape index (κ2) is 7.16. The minimum atomic E-state index is -0.0404. The number of pyridine rings is 2. The van der Waals surface area contributed by atoms with Gasteiger partial charge in [-0.25, -0.2) is 9.97 Å². The van der Waals surface area contributed by atoms with Gasteiger partial charge in [-0.15, -0.1) is 0 Å². The van der Waals surface area contributed by atoms with Gasteiger partial charge in [0.05, 0.1) is 11.1 Å². The fourth-order valence-corrected chi connectivity index (χ4v) is 4.10. The zero-order valence-electron chi connectivity index (χ0n) is 17.4. The van der Waals surface area contributed by atoms with Gasteiger partial charge in [-0.2, -0.15) is 0 Å². The van der Waals surface area contributed by atoms with E-state index < -0.39 is 0 Å². The minimum Gasteiger partial charge on any atom is -0.493 e. The highest BCUT2D eigenvalue weighted by molar-refractivity contribution is 5.90. The fraction of sp³-hybridized carbons (Fsp3) is 0.120. The second-order valence-corrected chi connectivity index (χ2v) is 7.79. The number of aromatic nitrogens is 3. The largest absolute Gasteiger partial charge is 0.493 e. The highest BCUT2D eigenvalue weighted by Crippen LogP contribution is 2.37. The Balaban J connectivity index is 1.45. The Morgan fingerprint density at radius 1 is 1.00 bits per heavy atom. The number of fused-ring (bicyclic) bond motifs is 3. The van der Waals surface area contributed by atoms with Gasteiger partial charge in [-0.3, -0.25) is 4.40 Å². The van der Waals surface area contributed by atoms with E-state index in [1.165, 1.54) is 0 Å². The molecule has 0 saturated heterocycles. The molecule has 4 heterocycles. The maximum atomic E-state index is 10.8. The van der Waals surface area contributed by atoms with Gasteiger partial charge in [0.25, 0.3) is 0 Å². The number of aromatic hydroxyl groups is 1. The molecule has 7 heteroatoms. The number of anilines is 1. The number of nitrogens with one attached hydrogen (secondary N) is 1. The number of rotatable bonds is 4. The van der Waals surface area contributed by atoms with Gasteiger partial charge in [0.1, 0.15) is 17.2 Å². The van der Waals surface area contributed by atoms with Crippen molar-refractivity contribution in [3.63, 3.8) is 0 Å². The third kappa shape index (κ3) is 2.98. The number of hydrogen-bond acceptors (Lipinski definition) is 6. The molecule has 0 saturated carbocycles. The van der Waals surface area contributed by atoms with Crippen LogP contribution in [0.3, 0.4) is 0 Å². The van der Waals surface area contributed by atoms with Crippen molar-refractivity contribution in [2.24, 2.45) is 0 Å². The molecular weight excluding hydrogens is 404 g/mol. The molecule has 2 aromatic carbocycles. The van der Waals surface area contributed by atoms with Crippen LogP contribution in [0.1, 0.15) is 11.1 Å². The molecular formula is C25H20N4O3. The maximum absolute atomic E-state index is 10.8. The van der Waals surface area contributed by atoms with E-state index in [2.05, 4.69) is 10.3 Å². The van der Waals surface area contributed by atoms with E-state index in [4.69, 9.17) is 14.5 Å². The molecule has 0 aliphatic carbocycles. The number of para-hydroxylation sites is 1. The Morgan fingerprint density at radius 3 is 2.84 bits per heavy atom. The summed E-state index contributed by atoms with van der Waals surface area (Å²) in [5, 5.41) is 15.3.